The molecule has 0 aliphatic heterocycles. The van der Waals surface area contributed by atoms with Crippen molar-refractivity contribution in [1.29, 1.82) is 0 Å². The van der Waals surface area contributed by atoms with Crippen molar-refractivity contribution in [2.24, 2.45) is 0 Å². The molecule has 0 unspecified atom stereocenters. The minimum atomic E-state index is -4.02. The van der Waals surface area contributed by atoms with Crippen LogP contribution in [-0.4, -0.2) is 13.0 Å². The smallest absolute Gasteiger partial charge is 0.282 e. The Morgan fingerprint density at radius 2 is 0.955 bits per heavy atom. The van der Waals surface area contributed by atoms with Gasteiger partial charge in [-0.1, -0.05) is 17.7 Å². The molecule has 10 radical (unpaired) electrons. The van der Waals surface area contributed by atoms with Gasteiger partial charge in [0.15, 0.2) is 0 Å². The summed E-state index contributed by atoms with van der Waals surface area (Å²) in [6.45, 7) is 1.84. The zero-order valence-corrected chi connectivity index (χ0v) is 15.9. The topological polar surface area (TPSA) is 54.4 Å². The minimum absolute atomic E-state index is 0. The van der Waals surface area contributed by atoms with E-state index >= 15 is 0 Å². The molecular formula is C17H18O3SW+2. The molecule has 1 N–H and O–H groups in total. The second-order valence-corrected chi connectivity index (χ2v) is 5.63. The predicted octanol–water partition coefficient (Wildman–Crippen LogP) is 3.28. The van der Waals surface area contributed by atoms with E-state index in [1.807, 2.05) is 71.1 Å². The van der Waals surface area contributed by atoms with Crippen molar-refractivity contribution in [1.82, 2.24) is 0 Å². The van der Waals surface area contributed by atoms with Crippen LogP contribution >= 0.6 is 0 Å². The van der Waals surface area contributed by atoms with Crippen molar-refractivity contribution in [3.8, 4) is 0 Å². The number of rotatable bonds is 1. The molecule has 0 bridgehead atoms. The third kappa shape index (κ3) is 10.5. The fraction of sp³-hybridized carbons (Fsp3) is 0.0588. The molecule has 2 aliphatic rings. The first-order valence-corrected chi connectivity index (χ1v) is 7.81. The largest absolute Gasteiger partial charge is 2.00 e. The Balaban J connectivity index is 0.000000334. The average Bonchev–Trinajstić information content (AvgIpc) is 3.17. The van der Waals surface area contributed by atoms with Gasteiger partial charge in [-0.15, -0.1) is 0 Å². The molecule has 0 heterocycles. The van der Waals surface area contributed by atoms with E-state index in [0.29, 0.717) is 0 Å². The molecule has 0 amide bonds. The fourth-order valence-electron chi connectivity index (χ4n) is 1.35. The van der Waals surface area contributed by atoms with Gasteiger partial charge in [0.25, 0.3) is 10.1 Å². The third-order valence-electron chi connectivity index (χ3n) is 2.43. The molecule has 22 heavy (non-hydrogen) atoms. The standard InChI is InChI=1S/C7H8O3S.2C5H5.W/c1-6-2-4-7(5-3-6)11(8,9)10;2*1-2-4-5-3-1;/h2-5H,1H3,(H,8,9,10);2*1-5H;/q;;;+2. The number of hydrogen-bond donors (Lipinski definition) is 1. The maximum absolute atomic E-state index is 10.5. The van der Waals surface area contributed by atoms with Crippen LogP contribution in [0.4, 0.5) is 0 Å². The first-order valence-electron chi connectivity index (χ1n) is 6.37. The predicted molar refractivity (Wildman–Crippen MR) is 84.0 cm³/mol. The van der Waals surface area contributed by atoms with Gasteiger partial charge < -0.3 is 0 Å². The molecule has 5 heteroatoms. The zero-order valence-electron chi connectivity index (χ0n) is 12.2. The van der Waals surface area contributed by atoms with E-state index < -0.39 is 10.1 Å². The molecular weight excluding hydrogens is 468 g/mol. The second-order valence-electron chi connectivity index (χ2n) is 4.21. The summed E-state index contributed by atoms with van der Waals surface area (Å²) in [6, 6.07) is 5.99. The quantitative estimate of drug-likeness (QED) is 0.621. The van der Waals surface area contributed by atoms with E-state index in [1.54, 1.807) is 12.1 Å². The maximum Gasteiger partial charge on any atom is 2.00 e. The van der Waals surface area contributed by atoms with E-state index in [0.717, 1.165) is 5.56 Å². The van der Waals surface area contributed by atoms with Crippen molar-refractivity contribution in [3.63, 3.8) is 0 Å². The van der Waals surface area contributed by atoms with Gasteiger partial charge in [0.05, 0.1) is 4.90 Å². The molecule has 114 valence electrons. The third-order valence-corrected chi connectivity index (χ3v) is 3.30. The Kier molecular flexibility index (Phi) is 12.2. The van der Waals surface area contributed by atoms with Gasteiger partial charge in [0.1, 0.15) is 0 Å². The second kappa shape index (κ2) is 12.3. The van der Waals surface area contributed by atoms with E-state index in [2.05, 4.69) is 0 Å². The maximum atomic E-state index is 10.5. The summed E-state index contributed by atoms with van der Waals surface area (Å²) < 4.78 is 29.6. The van der Waals surface area contributed by atoms with Crippen LogP contribution in [0, 0.1) is 71.1 Å². The van der Waals surface area contributed by atoms with Gasteiger partial charge in [-0.25, -0.2) is 0 Å². The van der Waals surface area contributed by atoms with Crippen molar-refractivity contribution < 1.29 is 34.0 Å². The number of aryl methyl sites for hydroxylation is 1. The Morgan fingerprint density at radius 3 is 1.18 bits per heavy atom. The van der Waals surface area contributed by atoms with E-state index in [1.165, 1.54) is 12.1 Å². The molecule has 3 nitrogen and oxygen atoms in total. The molecule has 2 fully saturated rings. The molecule has 1 aromatic carbocycles. The van der Waals surface area contributed by atoms with Crippen LogP contribution in [0.2, 0.25) is 0 Å². The van der Waals surface area contributed by atoms with Crippen LogP contribution in [0.5, 0.6) is 0 Å². The summed E-state index contributed by atoms with van der Waals surface area (Å²) in [7, 11) is -4.02. The molecule has 0 saturated heterocycles. The van der Waals surface area contributed by atoms with Crippen LogP contribution < -0.4 is 0 Å². The van der Waals surface area contributed by atoms with Crippen LogP contribution in [0.3, 0.4) is 0 Å². The SMILES string of the molecule is Cc1ccc(S(=O)(=O)O)cc1.[CH]1[CH][CH][CH][CH]1.[CH]1[CH][CH][CH][CH]1.[W+2]. The van der Waals surface area contributed by atoms with Gasteiger partial charge in [-0.2, -0.15) is 8.42 Å². The van der Waals surface area contributed by atoms with E-state index in [4.69, 9.17) is 4.55 Å². The Morgan fingerprint density at radius 1 is 0.682 bits per heavy atom. The molecule has 0 aromatic heterocycles. The average molecular weight is 486 g/mol. The monoisotopic (exact) mass is 486 g/mol. The van der Waals surface area contributed by atoms with E-state index in [-0.39, 0.29) is 26.0 Å². The van der Waals surface area contributed by atoms with Gasteiger partial charge in [0.2, 0.25) is 0 Å². The van der Waals surface area contributed by atoms with Crippen LogP contribution in [0.1, 0.15) is 5.56 Å². The fourth-order valence-corrected chi connectivity index (χ4v) is 1.83. The van der Waals surface area contributed by atoms with Crippen molar-refractivity contribution in [3.05, 3.63) is 94.0 Å². The Hall–Kier alpha value is -0.182. The van der Waals surface area contributed by atoms with Gasteiger partial charge in [-0.3, -0.25) is 4.55 Å². The molecule has 0 atom stereocenters. The van der Waals surface area contributed by atoms with Crippen molar-refractivity contribution >= 4 is 10.1 Å². The summed E-state index contributed by atoms with van der Waals surface area (Å²) in [6.07, 6.45) is 20.0. The summed E-state index contributed by atoms with van der Waals surface area (Å²) in [5.41, 5.74) is 0.956. The van der Waals surface area contributed by atoms with E-state index in [9.17, 15) is 8.42 Å². The first-order chi connectivity index (χ1) is 10.00. The van der Waals surface area contributed by atoms with Gasteiger partial charge in [0, 0.05) is 0 Å². The molecule has 0 spiro atoms. The molecule has 2 aliphatic carbocycles. The van der Waals surface area contributed by atoms with Crippen LogP contribution in [0.15, 0.2) is 29.2 Å². The minimum Gasteiger partial charge on any atom is -0.282 e. The summed E-state index contributed by atoms with van der Waals surface area (Å²) in [4.78, 5) is -0.0666. The first kappa shape index (κ1) is 21.8. The van der Waals surface area contributed by atoms with Crippen LogP contribution in [-0.2, 0) is 31.2 Å². The van der Waals surface area contributed by atoms with Crippen molar-refractivity contribution in [2.45, 2.75) is 11.8 Å². The molecule has 3 rings (SSSR count). The summed E-state index contributed by atoms with van der Waals surface area (Å²) in [5, 5.41) is 0. The number of benzene rings is 1. The molecule has 2 saturated carbocycles. The van der Waals surface area contributed by atoms with Gasteiger partial charge >= 0.3 is 21.1 Å². The van der Waals surface area contributed by atoms with Gasteiger partial charge in [-0.05, 0) is 83.3 Å². The Bertz CT molecular complexity index is 450. The molecule has 1 aromatic rings. The normalized spacial score (nSPS) is 16.6. The summed E-state index contributed by atoms with van der Waals surface area (Å²) in [5.74, 6) is 0. The van der Waals surface area contributed by atoms with Crippen molar-refractivity contribution in [2.75, 3.05) is 0 Å². The zero-order chi connectivity index (χ0) is 15.6. The number of hydrogen-bond acceptors (Lipinski definition) is 2. The van der Waals surface area contributed by atoms with Crippen LogP contribution in [0.25, 0.3) is 0 Å². The Labute approximate surface area is 149 Å². The summed E-state index contributed by atoms with van der Waals surface area (Å²) >= 11 is 0.